The number of aryl methyl sites for hydroxylation is 1. The quantitative estimate of drug-likeness (QED) is 0.728. The molecule has 1 heterocycles. The summed E-state index contributed by atoms with van der Waals surface area (Å²) in [5.74, 6) is 1.28. The molecule has 0 saturated heterocycles. The van der Waals surface area contributed by atoms with Crippen molar-refractivity contribution in [2.45, 2.75) is 33.2 Å². The fourth-order valence-electron chi connectivity index (χ4n) is 2.24. The molecule has 17 heavy (non-hydrogen) atoms. The molecule has 1 rings (SSSR count). The number of nitrogens with zero attached hydrogens (tertiary/aromatic N) is 1. The summed E-state index contributed by atoms with van der Waals surface area (Å²) in [6, 6.07) is 4.20. The highest BCUT2D eigenvalue weighted by atomic mass is 16.3. The fraction of sp³-hybridized carbons (Fsp3) is 0.714. The third kappa shape index (κ3) is 5.37. The number of hydrogen-bond donors (Lipinski definition) is 2. The molecule has 0 aliphatic rings. The van der Waals surface area contributed by atoms with Crippen LogP contribution in [0, 0.1) is 11.8 Å². The van der Waals surface area contributed by atoms with E-state index in [9.17, 15) is 0 Å². The van der Waals surface area contributed by atoms with Crippen LogP contribution in [0.3, 0.4) is 0 Å². The number of hydrogen-bond acceptors (Lipinski definition) is 2. The van der Waals surface area contributed by atoms with Crippen molar-refractivity contribution in [1.82, 2.24) is 9.88 Å². The number of aliphatic hydroxyl groups is 1. The maximum atomic E-state index is 9.05. The lowest BCUT2D eigenvalue weighted by atomic mass is 9.94. The molecule has 1 unspecified atom stereocenters. The van der Waals surface area contributed by atoms with Crippen LogP contribution in [0.2, 0.25) is 0 Å². The van der Waals surface area contributed by atoms with Gasteiger partial charge < -0.3 is 15.0 Å². The van der Waals surface area contributed by atoms with E-state index in [0.29, 0.717) is 18.4 Å². The second-order valence-corrected chi connectivity index (χ2v) is 5.25. The average Bonchev–Trinajstić information content (AvgIpc) is 2.64. The topological polar surface area (TPSA) is 37.2 Å². The van der Waals surface area contributed by atoms with Crippen molar-refractivity contribution in [2.24, 2.45) is 18.9 Å². The molecule has 0 amide bonds. The van der Waals surface area contributed by atoms with Crippen molar-refractivity contribution < 1.29 is 5.11 Å². The zero-order valence-corrected chi connectivity index (χ0v) is 11.3. The van der Waals surface area contributed by atoms with Gasteiger partial charge in [0, 0.05) is 32.1 Å². The first kappa shape index (κ1) is 14.3. The summed E-state index contributed by atoms with van der Waals surface area (Å²) in [7, 11) is 2.07. The van der Waals surface area contributed by atoms with E-state index in [1.165, 1.54) is 12.1 Å². The van der Waals surface area contributed by atoms with Gasteiger partial charge in [-0.15, -0.1) is 0 Å². The molecule has 2 N–H and O–H groups in total. The van der Waals surface area contributed by atoms with Crippen molar-refractivity contribution >= 4 is 0 Å². The summed E-state index contributed by atoms with van der Waals surface area (Å²) in [6.45, 7) is 6.67. The Morgan fingerprint density at radius 1 is 1.41 bits per heavy atom. The van der Waals surface area contributed by atoms with Crippen LogP contribution in [-0.2, 0) is 13.6 Å². The van der Waals surface area contributed by atoms with Crippen LogP contribution >= 0.6 is 0 Å². The van der Waals surface area contributed by atoms with Crippen LogP contribution in [0.4, 0.5) is 0 Å². The second kappa shape index (κ2) is 7.51. The Bertz CT molecular complexity index is 307. The van der Waals surface area contributed by atoms with E-state index >= 15 is 0 Å². The van der Waals surface area contributed by atoms with Crippen LogP contribution < -0.4 is 5.32 Å². The van der Waals surface area contributed by atoms with E-state index in [2.05, 4.69) is 49.1 Å². The summed E-state index contributed by atoms with van der Waals surface area (Å²) in [4.78, 5) is 0. The molecule has 0 radical (unpaired) electrons. The largest absolute Gasteiger partial charge is 0.396 e. The molecule has 98 valence electrons. The zero-order chi connectivity index (χ0) is 12.7. The minimum atomic E-state index is 0.295. The first-order valence-corrected chi connectivity index (χ1v) is 6.55. The molecule has 1 aromatic rings. The molecule has 0 bridgehead atoms. The van der Waals surface area contributed by atoms with Gasteiger partial charge in [0.1, 0.15) is 0 Å². The molecule has 0 saturated carbocycles. The van der Waals surface area contributed by atoms with Crippen LogP contribution in [0.1, 0.15) is 32.4 Å². The smallest absolute Gasteiger partial charge is 0.0434 e. The van der Waals surface area contributed by atoms with Crippen LogP contribution in [-0.4, -0.2) is 22.8 Å². The van der Waals surface area contributed by atoms with Crippen molar-refractivity contribution in [1.29, 1.82) is 0 Å². The first-order valence-electron chi connectivity index (χ1n) is 6.55. The van der Waals surface area contributed by atoms with E-state index in [-0.39, 0.29) is 0 Å². The van der Waals surface area contributed by atoms with Gasteiger partial charge in [0.05, 0.1) is 0 Å². The van der Waals surface area contributed by atoms with Gasteiger partial charge in [0.2, 0.25) is 0 Å². The fourth-order valence-corrected chi connectivity index (χ4v) is 2.24. The summed E-state index contributed by atoms with van der Waals surface area (Å²) < 4.78 is 2.14. The molecule has 0 fully saturated rings. The Balaban J connectivity index is 2.29. The van der Waals surface area contributed by atoms with Crippen molar-refractivity contribution in [3.05, 3.63) is 24.0 Å². The highest BCUT2D eigenvalue weighted by Gasteiger charge is 2.10. The molecule has 1 aromatic heterocycles. The summed E-state index contributed by atoms with van der Waals surface area (Å²) in [6.07, 6.45) is 4.15. The zero-order valence-electron chi connectivity index (χ0n) is 11.3. The second-order valence-electron chi connectivity index (χ2n) is 5.25. The number of aliphatic hydroxyl groups excluding tert-OH is 1. The Morgan fingerprint density at radius 3 is 2.71 bits per heavy atom. The van der Waals surface area contributed by atoms with Crippen molar-refractivity contribution in [3.63, 3.8) is 0 Å². The summed E-state index contributed by atoms with van der Waals surface area (Å²) in [5.41, 5.74) is 1.30. The van der Waals surface area contributed by atoms with Gasteiger partial charge in [-0.3, -0.25) is 0 Å². The molecule has 1 atom stereocenters. The standard InChI is InChI=1S/C14H26N2O/c1-12(2)9-13(6-8-17)10-15-11-14-5-4-7-16(14)3/h4-5,7,12-13,15,17H,6,8-11H2,1-3H3. The van der Waals surface area contributed by atoms with Gasteiger partial charge in [0.15, 0.2) is 0 Å². The van der Waals surface area contributed by atoms with Gasteiger partial charge in [-0.1, -0.05) is 13.8 Å². The molecular weight excluding hydrogens is 212 g/mol. The maximum absolute atomic E-state index is 9.05. The van der Waals surface area contributed by atoms with Gasteiger partial charge in [-0.25, -0.2) is 0 Å². The van der Waals surface area contributed by atoms with Gasteiger partial charge in [0.25, 0.3) is 0 Å². The van der Waals surface area contributed by atoms with Crippen molar-refractivity contribution in [2.75, 3.05) is 13.2 Å². The third-order valence-electron chi connectivity index (χ3n) is 3.13. The predicted molar refractivity (Wildman–Crippen MR) is 71.8 cm³/mol. The van der Waals surface area contributed by atoms with E-state index in [4.69, 9.17) is 5.11 Å². The van der Waals surface area contributed by atoms with Crippen molar-refractivity contribution in [3.8, 4) is 0 Å². The van der Waals surface area contributed by atoms with Gasteiger partial charge >= 0.3 is 0 Å². The normalized spacial score (nSPS) is 13.2. The Morgan fingerprint density at radius 2 is 2.18 bits per heavy atom. The number of nitrogens with one attached hydrogen (secondary N) is 1. The van der Waals surface area contributed by atoms with E-state index in [1.54, 1.807) is 0 Å². The molecule has 0 aliphatic heterocycles. The minimum Gasteiger partial charge on any atom is -0.396 e. The third-order valence-corrected chi connectivity index (χ3v) is 3.13. The van der Waals surface area contributed by atoms with Crippen LogP contribution in [0.5, 0.6) is 0 Å². The molecule has 3 nitrogen and oxygen atoms in total. The Kier molecular flexibility index (Phi) is 6.30. The highest BCUT2D eigenvalue weighted by molar-refractivity contribution is 5.05. The minimum absolute atomic E-state index is 0.295. The number of rotatable bonds is 8. The molecule has 0 aliphatic carbocycles. The average molecular weight is 238 g/mol. The van der Waals surface area contributed by atoms with E-state index in [1.807, 2.05) is 0 Å². The maximum Gasteiger partial charge on any atom is 0.0434 e. The first-order chi connectivity index (χ1) is 8.13. The SMILES string of the molecule is CC(C)CC(CCO)CNCc1cccn1C. The Labute approximate surface area is 105 Å². The molecule has 0 aromatic carbocycles. The van der Waals surface area contributed by atoms with E-state index < -0.39 is 0 Å². The lowest BCUT2D eigenvalue weighted by Gasteiger charge is -2.18. The monoisotopic (exact) mass is 238 g/mol. The predicted octanol–water partition coefficient (Wildman–Crippen LogP) is 2.16. The lowest BCUT2D eigenvalue weighted by Crippen LogP contribution is -2.25. The molecular formula is C14H26N2O. The van der Waals surface area contributed by atoms with Gasteiger partial charge in [-0.2, -0.15) is 0 Å². The summed E-state index contributed by atoms with van der Waals surface area (Å²) in [5, 5.41) is 12.5. The van der Waals surface area contributed by atoms with Crippen LogP contribution in [0.25, 0.3) is 0 Å². The number of aromatic nitrogens is 1. The molecule has 3 heteroatoms. The van der Waals surface area contributed by atoms with Gasteiger partial charge in [-0.05, 0) is 43.4 Å². The molecule has 0 spiro atoms. The Hall–Kier alpha value is -0.800. The van der Waals surface area contributed by atoms with E-state index in [0.717, 1.165) is 19.5 Å². The highest BCUT2D eigenvalue weighted by Crippen LogP contribution is 2.14. The van der Waals surface area contributed by atoms with Crippen LogP contribution in [0.15, 0.2) is 18.3 Å². The lowest BCUT2D eigenvalue weighted by molar-refractivity contribution is 0.239. The summed E-state index contributed by atoms with van der Waals surface area (Å²) >= 11 is 0.